The summed E-state index contributed by atoms with van der Waals surface area (Å²) in [6.45, 7) is 3.98. The van der Waals surface area contributed by atoms with E-state index >= 15 is 0 Å². The van der Waals surface area contributed by atoms with Crippen molar-refractivity contribution in [1.82, 2.24) is 5.32 Å². The molecule has 1 aromatic carbocycles. The molecule has 5 unspecified atom stereocenters. The predicted molar refractivity (Wildman–Crippen MR) is 88.3 cm³/mol. The average Bonchev–Trinajstić information content (AvgIpc) is 3.12. The molecular formula is C18H24FNOS. The molecule has 0 aromatic heterocycles. The standard InChI is InChI=1S/C18H24FNOS/c1-11(15-10-13-7-8-14(15)9-13)20-18(21)12(2)22-17-6-4-3-5-16(17)19/h3-6,11-15H,7-10H2,1-2H3,(H,20,21). The summed E-state index contributed by atoms with van der Waals surface area (Å²) in [7, 11) is 0. The molecule has 1 aromatic rings. The van der Waals surface area contributed by atoms with Gasteiger partial charge in [-0.05, 0) is 63.0 Å². The Balaban J connectivity index is 1.54. The number of thioether (sulfide) groups is 1. The molecule has 2 aliphatic rings. The maximum Gasteiger partial charge on any atom is 0.233 e. The molecule has 4 heteroatoms. The van der Waals surface area contributed by atoms with Crippen LogP contribution in [0.15, 0.2) is 29.2 Å². The van der Waals surface area contributed by atoms with Crippen molar-refractivity contribution in [1.29, 1.82) is 0 Å². The van der Waals surface area contributed by atoms with Gasteiger partial charge in [0.15, 0.2) is 0 Å². The number of hydrogen-bond acceptors (Lipinski definition) is 2. The number of nitrogens with one attached hydrogen (secondary N) is 1. The maximum absolute atomic E-state index is 13.7. The van der Waals surface area contributed by atoms with Gasteiger partial charge in [0.25, 0.3) is 0 Å². The summed E-state index contributed by atoms with van der Waals surface area (Å²) in [4.78, 5) is 12.9. The van der Waals surface area contributed by atoms with Crippen LogP contribution in [0, 0.1) is 23.6 Å². The molecule has 22 heavy (non-hydrogen) atoms. The van der Waals surface area contributed by atoms with Gasteiger partial charge in [-0.3, -0.25) is 4.79 Å². The molecule has 0 spiro atoms. The van der Waals surface area contributed by atoms with Crippen LogP contribution in [0.4, 0.5) is 4.39 Å². The molecular weight excluding hydrogens is 297 g/mol. The largest absolute Gasteiger partial charge is 0.352 e. The first-order chi connectivity index (χ1) is 10.5. The molecule has 0 aliphatic heterocycles. The van der Waals surface area contributed by atoms with Crippen molar-refractivity contribution in [3.05, 3.63) is 30.1 Å². The van der Waals surface area contributed by atoms with Crippen LogP contribution >= 0.6 is 11.8 Å². The number of carbonyl (C=O) groups is 1. The lowest BCUT2D eigenvalue weighted by Gasteiger charge is -2.29. The molecule has 1 amide bonds. The lowest BCUT2D eigenvalue weighted by atomic mass is 9.84. The molecule has 3 rings (SSSR count). The minimum atomic E-state index is -0.280. The highest BCUT2D eigenvalue weighted by Gasteiger charge is 2.42. The maximum atomic E-state index is 13.7. The summed E-state index contributed by atoms with van der Waals surface area (Å²) in [5, 5.41) is 2.88. The van der Waals surface area contributed by atoms with Gasteiger partial charge in [0.1, 0.15) is 5.82 Å². The van der Waals surface area contributed by atoms with Crippen molar-refractivity contribution in [2.75, 3.05) is 0 Å². The highest BCUT2D eigenvalue weighted by atomic mass is 32.2. The number of halogens is 1. The van der Waals surface area contributed by atoms with E-state index in [1.165, 1.54) is 43.5 Å². The predicted octanol–water partition coefficient (Wildman–Crippen LogP) is 4.25. The van der Waals surface area contributed by atoms with Gasteiger partial charge in [0, 0.05) is 10.9 Å². The van der Waals surface area contributed by atoms with Crippen LogP contribution in [0.1, 0.15) is 39.5 Å². The van der Waals surface area contributed by atoms with Gasteiger partial charge in [-0.2, -0.15) is 0 Å². The summed E-state index contributed by atoms with van der Waals surface area (Å²) < 4.78 is 13.7. The zero-order chi connectivity index (χ0) is 15.7. The Bertz CT molecular complexity index is 550. The third kappa shape index (κ3) is 3.32. The van der Waals surface area contributed by atoms with E-state index in [1.807, 2.05) is 6.92 Å². The van der Waals surface area contributed by atoms with Crippen molar-refractivity contribution >= 4 is 17.7 Å². The Hall–Kier alpha value is -1.03. The Morgan fingerprint density at radius 2 is 2.05 bits per heavy atom. The van der Waals surface area contributed by atoms with Crippen molar-refractivity contribution in [2.24, 2.45) is 17.8 Å². The quantitative estimate of drug-likeness (QED) is 0.822. The summed E-state index contributed by atoms with van der Waals surface area (Å²) >= 11 is 1.29. The van der Waals surface area contributed by atoms with Gasteiger partial charge in [0.05, 0.1) is 5.25 Å². The van der Waals surface area contributed by atoms with E-state index in [0.29, 0.717) is 10.8 Å². The second kappa shape index (κ2) is 6.61. The SMILES string of the molecule is CC(Sc1ccccc1F)C(=O)NC(C)C1CC2CCC1C2. The number of amides is 1. The van der Waals surface area contributed by atoms with E-state index in [2.05, 4.69) is 12.2 Å². The lowest BCUT2D eigenvalue weighted by molar-refractivity contribution is -0.121. The van der Waals surface area contributed by atoms with Gasteiger partial charge < -0.3 is 5.32 Å². The second-order valence-corrected chi connectivity index (χ2v) is 8.21. The average molecular weight is 321 g/mol. The molecule has 5 atom stereocenters. The molecule has 2 fully saturated rings. The fourth-order valence-corrected chi connectivity index (χ4v) is 5.03. The van der Waals surface area contributed by atoms with Crippen LogP contribution in [-0.2, 0) is 4.79 Å². The van der Waals surface area contributed by atoms with Crippen LogP contribution in [0.2, 0.25) is 0 Å². The number of benzene rings is 1. The normalized spacial score (nSPS) is 29.3. The van der Waals surface area contributed by atoms with E-state index < -0.39 is 0 Å². The first-order valence-corrected chi connectivity index (χ1v) is 9.14. The second-order valence-electron chi connectivity index (χ2n) is 6.83. The zero-order valence-electron chi connectivity index (χ0n) is 13.2. The highest BCUT2D eigenvalue weighted by molar-refractivity contribution is 8.00. The summed E-state index contributed by atoms with van der Waals surface area (Å²) in [6, 6.07) is 6.86. The molecule has 120 valence electrons. The van der Waals surface area contributed by atoms with Gasteiger partial charge in [0.2, 0.25) is 5.91 Å². The van der Waals surface area contributed by atoms with Gasteiger partial charge in [-0.25, -0.2) is 4.39 Å². The fourth-order valence-electron chi connectivity index (χ4n) is 4.14. The minimum absolute atomic E-state index is 0.0172. The van der Waals surface area contributed by atoms with E-state index in [-0.39, 0.29) is 23.0 Å². The Kier molecular flexibility index (Phi) is 4.76. The fraction of sp³-hybridized carbons (Fsp3) is 0.611. The monoisotopic (exact) mass is 321 g/mol. The topological polar surface area (TPSA) is 29.1 Å². The van der Waals surface area contributed by atoms with E-state index in [9.17, 15) is 9.18 Å². The Morgan fingerprint density at radius 3 is 2.68 bits per heavy atom. The Morgan fingerprint density at radius 1 is 1.27 bits per heavy atom. The third-order valence-corrected chi connectivity index (χ3v) is 6.47. The molecule has 0 radical (unpaired) electrons. The van der Waals surface area contributed by atoms with Crippen molar-refractivity contribution in [2.45, 2.75) is 55.7 Å². The van der Waals surface area contributed by atoms with Gasteiger partial charge >= 0.3 is 0 Å². The van der Waals surface area contributed by atoms with Crippen molar-refractivity contribution in [3.8, 4) is 0 Å². The van der Waals surface area contributed by atoms with E-state index in [0.717, 1.165) is 11.8 Å². The molecule has 0 heterocycles. The number of hydrogen-bond donors (Lipinski definition) is 1. The van der Waals surface area contributed by atoms with Gasteiger partial charge in [-0.1, -0.05) is 18.6 Å². The molecule has 1 N–H and O–H groups in total. The van der Waals surface area contributed by atoms with Crippen LogP contribution in [-0.4, -0.2) is 17.2 Å². The van der Waals surface area contributed by atoms with Crippen molar-refractivity contribution < 1.29 is 9.18 Å². The number of rotatable bonds is 5. The third-order valence-electron chi connectivity index (χ3n) is 5.31. The van der Waals surface area contributed by atoms with Crippen molar-refractivity contribution in [3.63, 3.8) is 0 Å². The molecule has 2 nitrogen and oxygen atoms in total. The summed E-state index contributed by atoms with van der Waals surface area (Å²) in [5.41, 5.74) is 0. The number of fused-ring (bicyclic) bond motifs is 2. The molecule has 2 bridgehead atoms. The first-order valence-electron chi connectivity index (χ1n) is 8.26. The molecule has 0 saturated heterocycles. The lowest BCUT2D eigenvalue weighted by Crippen LogP contribution is -2.43. The minimum Gasteiger partial charge on any atom is -0.352 e. The zero-order valence-corrected chi connectivity index (χ0v) is 14.0. The molecule has 2 aliphatic carbocycles. The smallest absolute Gasteiger partial charge is 0.233 e. The summed E-state index contributed by atoms with van der Waals surface area (Å²) in [5.74, 6) is 2.08. The number of carbonyl (C=O) groups excluding carboxylic acids is 1. The van der Waals surface area contributed by atoms with Crippen LogP contribution in [0.3, 0.4) is 0 Å². The highest BCUT2D eigenvalue weighted by Crippen LogP contribution is 2.49. The first kappa shape index (κ1) is 15.9. The molecule has 2 saturated carbocycles. The van der Waals surface area contributed by atoms with E-state index in [1.54, 1.807) is 18.2 Å². The van der Waals surface area contributed by atoms with Crippen LogP contribution in [0.25, 0.3) is 0 Å². The van der Waals surface area contributed by atoms with Crippen LogP contribution < -0.4 is 5.32 Å². The van der Waals surface area contributed by atoms with Crippen LogP contribution in [0.5, 0.6) is 0 Å². The summed E-state index contributed by atoms with van der Waals surface area (Å²) in [6.07, 6.45) is 5.32. The van der Waals surface area contributed by atoms with E-state index in [4.69, 9.17) is 0 Å². The van der Waals surface area contributed by atoms with Gasteiger partial charge in [-0.15, -0.1) is 11.8 Å². The Labute approximate surface area is 136 Å².